The highest BCUT2D eigenvalue weighted by Gasteiger charge is 2.33. The fourth-order valence-electron chi connectivity index (χ4n) is 4.11. The molecule has 2 aliphatic rings. The van der Waals surface area contributed by atoms with E-state index in [1.807, 2.05) is 7.05 Å². The SMILES string of the molecule is CNC1(CC(=O)N[C@@H](C)C2CCCCC2)CCCCC1. The van der Waals surface area contributed by atoms with Crippen molar-refractivity contribution in [3.05, 3.63) is 0 Å². The fourth-order valence-corrected chi connectivity index (χ4v) is 4.11. The van der Waals surface area contributed by atoms with E-state index < -0.39 is 0 Å². The van der Waals surface area contributed by atoms with Gasteiger partial charge in [-0.1, -0.05) is 38.5 Å². The molecule has 20 heavy (non-hydrogen) atoms. The van der Waals surface area contributed by atoms with Crippen LogP contribution in [0.4, 0.5) is 0 Å². The zero-order valence-corrected chi connectivity index (χ0v) is 13.3. The monoisotopic (exact) mass is 280 g/mol. The molecule has 0 saturated heterocycles. The van der Waals surface area contributed by atoms with Crippen LogP contribution in [0.5, 0.6) is 0 Å². The number of nitrogens with one attached hydrogen (secondary N) is 2. The quantitative estimate of drug-likeness (QED) is 0.810. The number of carbonyl (C=O) groups is 1. The lowest BCUT2D eigenvalue weighted by atomic mass is 9.79. The van der Waals surface area contributed by atoms with E-state index in [4.69, 9.17) is 0 Å². The predicted molar refractivity (Wildman–Crippen MR) is 83.7 cm³/mol. The van der Waals surface area contributed by atoms with Gasteiger partial charge in [-0.05, 0) is 45.6 Å². The molecule has 0 aromatic rings. The molecule has 0 aromatic heterocycles. The van der Waals surface area contributed by atoms with Gasteiger partial charge in [0.2, 0.25) is 5.91 Å². The lowest BCUT2D eigenvalue weighted by Gasteiger charge is -2.37. The Morgan fingerprint density at radius 2 is 1.70 bits per heavy atom. The van der Waals surface area contributed by atoms with Crippen LogP contribution in [-0.4, -0.2) is 24.5 Å². The topological polar surface area (TPSA) is 41.1 Å². The molecular weight excluding hydrogens is 248 g/mol. The molecule has 2 N–H and O–H groups in total. The summed E-state index contributed by atoms with van der Waals surface area (Å²) in [5.41, 5.74) is 0.0641. The number of rotatable bonds is 5. The van der Waals surface area contributed by atoms with Crippen molar-refractivity contribution in [3.8, 4) is 0 Å². The van der Waals surface area contributed by atoms with Crippen LogP contribution in [0.25, 0.3) is 0 Å². The summed E-state index contributed by atoms with van der Waals surface area (Å²) in [7, 11) is 2.02. The molecular formula is C17H32N2O. The van der Waals surface area contributed by atoms with E-state index in [2.05, 4.69) is 17.6 Å². The second kappa shape index (κ2) is 7.44. The molecule has 2 rings (SSSR count). The highest BCUT2D eigenvalue weighted by molar-refractivity contribution is 5.77. The summed E-state index contributed by atoms with van der Waals surface area (Å²) >= 11 is 0. The Morgan fingerprint density at radius 3 is 2.30 bits per heavy atom. The van der Waals surface area contributed by atoms with Crippen LogP contribution in [-0.2, 0) is 4.79 Å². The number of hydrogen-bond donors (Lipinski definition) is 2. The minimum absolute atomic E-state index is 0.0641. The molecule has 1 atom stereocenters. The second-order valence-corrected chi connectivity index (χ2v) is 7.02. The Hall–Kier alpha value is -0.570. The predicted octanol–water partition coefficient (Wildman–Crippen LogP) is 3.38. The molecule has 2 aliphatic carbocycles. The van der Waals surface area contributed by atoms with Crippen LogP contribution < -0.4 is 10.6 Å². The van der Waals surface area contributed by atoms with Crippen molar-refractivity contribution in [2.24, 2.45) is 5.92 Å². The Balaban J connectivity index is 1.81. The smallest absolute Gasteiger partial charge is 0.222 e. The van der Waals surface area contributed by atoms with E-state index in [0.29, 0.717) is 18.4 Å². The van der Waals surface area contributed by atoms with Crippen LogP contribution in [0.15, 0.2) is 0 Å². The summed E-state index contributed by atoms with van der Waals surface area (Å²) in [6.07, 6.45) is 13.4. The standard InChI is InChI=1S/C17H32N2O/c1-14(15-9-5-3-6-10-15)19-16(20)13-17(18-2)11-7-4-8-12-17/h14-15,18H,3-13H2,1-2H3,(H,19,20)/t14-/m0/s1. The molecule has 0 heterocycles. The van der Waals surface area contributed by atoms with Crippen LogP contribution in [0.2, 0.25) is 0 Å². The van der Waals surface area contributed by atoms with Crippen LogP contribution in [0.1, 0.15) is 77.6 Å². The van der Waals surface area contributed by atoms with Gasteiger partial charge in [0.25, 0.3) is 0 Å². The zero-order valence-electron chi connectivity index (χ0n) is 13.3. The summed E-state index contributed by atoms with van der Waals surface area (Å²) in [5.74, 6) is 0.948. The van der Waals surface area contributed by atoms with Crippen molar-refractivity contribution >= 4 is 5.91 Å². The molecule has 0 aliphatic heterocycles. The summed E-state index contributed by atoms with van der Waals surface area (Å²) < 4.78 is 0. The van der Waals surface area contributed by atoms with Gasteiger partial charge in [-0.15, -0.1) is 0 Å². The average molecular weight is 280 g/mol. The summed E-state index contributed by atoms with van der Waals surface area (Å²) in [4.78, 5) is 12.4. The molecule has 3 heteroatoms. The summed E-state index contributed by atoms with van der Waals surface area (Å²) in [6, 6.07) is 0.347. The lowest BCUT2D eigenvalue weighted by Crippen LogP contribution is -2.50. The number of carbonyl (C=O) groups excluding carboxylic acids is 1. The molecule has 3 nitrogen and oxygen atoms in total. The molecule has 116 valence electrons. The van der Waals surface area contributed by atoms with E-state index in [0.717, 1.165) is 12.8 Å². The first-order valence-corrected chi connectivity index (χ1v) is 8.63. The van der Waals surface area contributed by atoms with Gasteiger partial charge in [-0.25, -0.2) is 0 Å². The van der Waals surface area contributed by atoms with Gasteiger partial charge >= 0.3 is 0 Å². The summed E-state index contributed by atoms with van der Waals surface area (Å²) in [5, 5.41) is 6.72. The second-order valence-electron chi connectivity index (χ2n) is 7.02. The number of hydrogen-bond acceptors (Lipinski definition) is 2. The Morgan fingerprint density at radius 1 is 1.10 bits per heavy atom. The molecule has 0 radical (unpaired) electrons. The maximum Gasteiger partial charge on any atom is 0.222 e. The van der Waals surface area contributed by atoms with Crippen LogP contribution in [0, 0.1) is 5.92 Å². The Labute approximate surface area is 124 Å². The minimum Gasteiger partial charge on any atom is -0.353 e. The first-order valence-electron chi connectivity index (χ1n) is 8.63. The van der Waals surface area contributed by atoms with Crippen molar-refractivity contribution in [1.29, 1.82) is 0 Å². The molecule has 0 unspecified atom stereocenters. The van der Waals surface area contributed by atoms with Crippen molar-refractivity contribution in [2.45, 2.75) is 89.1 Å². The largest absolute Gasteiger partial charge is 0.353 e. The first-order chi connectivity index (χ1) is 9.65. The fraction of sp³-hybridized carbons (Fsp3) is 0.941. The maximum atomic E-state index is 12.4. The van der Waals surface area contributed by atoms with Crippen molar-refractivity contribution in [1.82, 2.24) is 10.6 Å². The van der Waals surface area contributed by atoms with Crippen molar-refractivity contribution < 1.29 is 4.79 Å². The molecule has 0 spiro atoms. The third kappa shape index (κ3) is 4.21. The molecule has 2 saturated carbocycles. The molecule has 1 amide bonds. The van der Waals surface area contributed by atoms with Gasteiger partial charge in [0, 0.05) is 18.0 Å². The summed E-state index contributed by atoms with van der Waals surface area (Å²) in [6.45, 7) is 2.20. The van der Waals surface area contributed by atoms with Gasteiger partial charge in [0.05, 0.1) is 0 Å². The third-order valence-electron chi connectivity index (χ3n) is 5.59. The molecule has 0 bridgehead atoms. The zero-order chi connectivity index (χ0) is 14.4. The van der Waals surface area contributed by atoms with Crippen molar-refractivity contribution in [3.63, 3.8) is 0 Å². The highest BCUT2D eigenvalue weighted by atomic mass is 16.1. The lowest BCUT2D eigenvalue weighted by molar-refractivity contribution is -0.124. The number of amides is 1. The highest BCUT2D eigenvalue weighted by Crippen LogP contribution is 2.31. The van der Waals surface area contributed by atoms with Crippen LogP contribution >= 0.6 is 0 Å². The normalized spacial score (nSPS) is 25.1. The molecule has 2 fully saturated rings. The Kier molecular flexibility index (Phi) is 5.88. The van der Waals surface area contributed by atoms with E-state index in [1.165, 1.54) is 51.4 Å². The van der Waals surface area contributed by atoms with Gasteiger partial charge < -0.3 is 10.6 Å². The van der Waals surface area contributed by atoms with E-state index in [1.54, 1.807) is 0 Å². The van der Waals surface area contributed by atoms with E-state index in [9.17, 15) is 4.79 Å². The van der Waals surface area contributed by atoms with Gasteiger partial charge in [-0.2, -0.15) is 0 Å². The van der Waals surface area contributed by atoms with E-state index >= 15 is 0 Å². The minimum atomic E-state index is 0.0641. The van der Waals surface area contributed by atoms with Crippen LogP contribution in [0.3, 0.4) is 0 Å². The third-order valence-corrected chi connectivity index (χ3v) is 5.59. The molecule has 0 aromatic carbocycles. The maximum absolute atomic E-state index is 12.4. The average Bonchev–Trinajstić information content (AvgIpc) is 2.49. The van der Waals surface area contributed by atoms with Gasteiger partial charge in [-0.3, -0.25) is 4.79 Å². The Bertz CT molecular complexity index is 304. The van der Waals surface area contributed by atoms with E-state index in [-0.39, 0.29) is 11.4 Å². The van der Waals surface area contributed by atoms with Crippen molar-refractivity contribution in [2.75, 3.05) is 7.05 Å². The first kappa shape index (κ1) is 15.8. The van der Waals surface area contributed by atoms with Gasteiger partial charge in [0.1, 0.15) is 0 Å². The van der Waals surface area contributed by atoms with Gasteiger partial charge in [0.15, 0.2) is 0 Å².